The van der Waals surface area contributed by atoms with Gasteiger partial charge in [0, 0.05) is 53.7 Å². The maximum Gasteiger partial charge on any atom is 0.145 e. The third kappa shape index (κ3) is 7.16. The van der Waals surface area contributed by atoms with Crippen LogP contribution in [-0.2, 0) is 20.1 Å². The van der Waals surface area contributed by atoms with Crippen LogP contribution in [0.15, 0.2) is 128 Å². The molecule has 0 aliphatic heterocycles. The number of imidazole rings is 2. The zero-order valence-electron chi connectivity index (χ0n) is 37.1. The van der Waals surface area contributed by atoms with E-state index in [9.17, 15) is 0 Å². The number of aryl methyl sites for hydroxylation is 2. The zero-order chi connectivity index (χ0) is 42.0. The van der Waals surface area contributed by atoms with Gasteiger partial charge in [-0.3, -0.25) is 9.38 Å². The Morgan fingerprint density at radius 3 is 1.36 bits per heavy atom. The first kappa shape index (κ1) is 42.1. The van der Waals surface area contributed by atoms with Crippen LogP contribution in [0.2, 0.25) is 0 Å². The van der Waals surface area contributed by atoms with Crippen molar-refractivity contribution in [2.75, 3.05) is 0 Å². The number of fused-ring (bicyclic) bond motifs is 12. The first-order chi connectivity index (χ1) is 28.9. The van der Waals surface area contributed by atoms with Gasteiger partial charge in [0.05, 0.1) is 28.7 Å². The predicted octanol–water partition coefficient (Wildman–Crippen LogP) is 15.5. The molecule has 0 atom stereocenters. The molecule has 61 heavy (non-hydrogen) atoms. The van der Waals surface area contributed by atoms with Gasteiger partial charge in [-0.1, -0.05) is 151 Å². The number of benzene rings is 6. The molecule has 0 amide bonds. The van der Waals surface area contributed by atoms with Crippen molar-refractivity contribution in [1.29, 1.82) is 0 Å². The van der Waals surface area contributed by atoms with Crippen LogP contribution in [0.1, 0.15) is 112 Å². The third-order valence-corrected chi connectivity index (χ3v) is 12.4. The summed E-state index contributed by atoms with van der Waals surface area (Å²) >= 11 is 0. The molecule has 0 aliphatic carbocycles. The van der Waals surface area contributed by atoms with Gasteiger partial charge in [-0.2, -0.15) is 0 Å². The van der Waals surface area contributed by atoms with E-state index < -0.39 is 0 Å². The van der Waals surface area contributed by atoms with Crippen LogP contribution >= 0.6 is 0 Å². The van der Waals surface area contributed by atoms with E-state index in [1.807, 2.05) is 6.07 Å². The maximum absolute atomic E-state index is 4.96. The number of nitrogens with zero attached hydrogens (tertiary/aromatic N) is 4. The molecular formula is C56H55IrN4-. The zero-order valence-corrected chi connectivity index (χ0v) is 39.5. The van der Waals surface area contributed by atoms with Gasteiger partial charge in [0.1, 0.15) is 5.65 Å². The van der Waals surface area contributed by atoms with Gasteiger partial charge in [0.25, 0.3) is 0 Å². The van der Waals surface area contributed by atoms with Crippen molar-refractivity contribution in [2.45, 2.75) is 92.9 Å². The topological polar surface area (TPSA) is 34.6 Å². The smallest absolute Gasteiger partial charge is 0.145 e. The molecule has 4 aromatic heterocycles. The Labute approximate surface area is 374 Å². The minimum Gasteiger partial charge on any atom is -0.333 e. The number of hydrogen-bond donors (Lipinski definition) is 0. The van der Waals surface area contributed by atoms with Gasteiger partial charge in [-0.15, -0.1) is 29.7 Å². The quantitative estimate of drug-likeness (QED) is 0.123. The number of hydrogen-bond acceptors (Lipinski definition) is 2. The van der Waals surface area contributed by atoms with E-state index in [1.165, 1.54) is 93.9 Å². The molecule has 0 bridgehead atoms. The fourth-order valence-electron chi connectivity index (χ4n) is 9.48. The molecule has 5 heteroatoms. The van der Waals surface area contributed by atoms with Gasteiger partial charge >= 0.3 is 0 Å². The summed E-state index contributed by atoms with van der Waals surface area (Å²) in [5.74, 6) is 1.76. The summed E-state index contributed by atoms with van der Waals surface area (Å²) in [4.78, 5) is 9.89. The second kappa shape index (κ2) is 16.7. The normalized spacial score (nSPS) is 11.9. The van der Waals surface area contributed by atoms with Crippen LogP contribution in [0.4, 0.5) is 0 Å². The molecule has 4 nitrogen and oxygen atoms in total. The van der Waals surface area contributed by atoms with Gasteiger partial charge in [0.15, 0.2) is 0 Å². The summed E-state index contributed by atoms with van der Waals surface area (Å²) in [6.07, 6.45) is 4.14. The van der Waals surface area contributed by atoms with E-state index in [2.05, 4.69) is 206 Å². The van der Waals surface area contributed by atoms with Crippen LogP contribution in [0, 0.1) is 19.9 Å². The molecule has 1 radical (unpaired) electrons. The van der Waals surface area contributed by atoms with E-state index >= 15 is 0 Å². The molecule has 10 aromatic rings. The van der Waals surface area contributed by atoms with Crippen molar-refractivity contribution in [3.05, 3.63) is 167 Å². The fourth-order valence-corrected chi connectivity index (χ4v) is 9.48. The van der Waals surface area contributed by atoms with Crippen molar-refractivity contribution in [2.24, 2.45) is 0 Å². The van der Waals surface area contributed by atoms with E-state index in [4.69, 9.17) is 9.97 Å². The molecule has 10 rings (SSSR count). The minimum atomic E-state index is 0. The molecule has 0 unspecified atom stereocenters. The predicted molar refractivity (Wildman–Crippen MR) is 256 cm³/mol. The van der Waals surface area contributed by atoms with Crippen LogP contribution in [0.3, 0.4) is 0 Å². The summed E-state index contributed by atoms with van der Waals surface area (Å²) in [7, 11) is 0. The van der Waals surface area contributed by atoms with E-state index in [0.29, 0.717) is 23.7 Å². The van der Waals surface area contributed by atoms with Crippen LogP contribution in [0.5, 0.6) is 0 Å². The molecule has 0 fully saturated rings. The van der Waals surface area contributed by atoms with Gasteiger partial charge in [0.2, 0.25) is 0 Å². The fraction of sp³-hybridized carbons (Fsp3) is 0.250. The Bertz CT molecular complexity index is 2980. The number of rotatable bonds is 6. The van der Waals surface area contributed by atoms with E-state index in [1.54, 1.807) is 0 Å². The van der Waals surface area contributed by atoms with Crippen LogP contribution < -0.4 is 0 Å². The standard InChI is InChI=1S/C28H28N2.C28H27N2.Ir/c2*1-17(2)20-11-8-12-21(18(3)4)27(20)26-16-29-28-23-10-7-6-9-22(23)24-15-19(5)13-14-25(24)30(26)28;/h6-18H,1-5H3;6-9,11-18H,1-5H3;/q;-1;. The second-order valence-corrected chi connectivity index (χ2v) is 17.9. The minimum absolute atomic E-state index is 0. The SMILES string of the molecule is Cc1ccc2c(c1)c1ccc[c-]c1c1ncc(-c3c(C(C)C)cccc3C(C)C)n21.Cc1ccc2c(c1)c1ccccc1c1ncc(-c3c(C(C)C)cccc3C(C)C)n21.[Ir]. The average Bonchev–Trinajstić information content (AvgIpc) is 3.89. The van der Waals surface area contributed by atoms with Gasteiger partial charge in [-0.25, -0.2) is 4.98 Å². The van der Waals surface area contributed by atoms with Crippen LogP contribution in [-0.4, -0.2) is 18.8 Å². The van der Waals surface area contributed by atoms with Crippen LogP contribution in [0.25, 0.3) is 77.2 Å². The Hall–Kier alpha value is -5.61. The van der Waals surface area contributed by atoms with Crippen molar-refractivity contribution < 1.29 is 20.1 Å². The molecule has 6 aromatic carbocycles. The summed E-state index contributed by atoms with van der Waals surface area (Å²) in [6, 6.07) is 45.3. The molecule has 0 aliphatic rings. The maximum atomic E-state index is 4.96. The summed E-state index contributed by atoms with van der Waals surface area (Å²) in [5, 5.41) is 7.29. The summed E-state index contributed by atoms with van der Waals surface area (Å²) in [5.41, 5.74) is 17.5. The molecule has 309 valence electrons. The van der Waals surface area contributed by atoms with Gasteiger partial charge in [-0.05, 0) is 88.7 Å². The molecule has 0 spiro atoms. The van der Waals surface area contributed by atoms with Gasteiger partial charge < -0.3 is 4.40 Å². The Balaban J connectivity index is 0.000000166. The van der Waals surface area contributed by atoms with Crippen molar-refractivity contribution in [3.8, 4) is 22.5 Å². The Kier molecular flexibility index (Phi) is 11.5. The largest absolute Gasteiger partial charge is 0.333 e. The molecule has 0 saturated carbocycles. The van der Waals surface area contributed by atoms with Crippen molar-refractivity contribution in [3.63, 3.8) is 0 Å². The van der Waals surface area contributed by atoms with Crippen molar-refractivity contribution in [1.82, 2.24) is 18.8 Å². The molecule has 4 heterocycles. The Morgan fingerprint density at radius 2 is 0.869 bits per heavy atom. The third-order valence-electron chi connectivity index (χ3n) is 12.4. The number of pyridine rings is 2. The van der Waals surface area contributed by atoms with Crippen molar-refractivity contribution >= 4 is 54.6 Å². The molecular weight excluding hydrogens is 921 g/mol. The summed E-state index contributed by atoms with van der Waals surface area (Å²) in [6.45, 7) is 22.5. The Morgan fingerprint density at radius 1 is 0.443 bits per heavy atom. The second-order valence-electron chi connectivity index (χ2n) is 17.9. The average molecular weight is 976 g/mol. The number of aromatic nitrogens is 4. The molecule has 0 N–H and O–H groups in total. The first-order valence-corrected chi connectivity index (χ1v) is 21.7. The summed E-state index contributed by atoms with van der Waals surface area (Å²) < 4.78 is 4.73. The van der Waals surface area contributed by atoms with E-state index in [-0.39, 0.29) is 20.1 Å². The molecule has 0 saturated heterocycles. The monoisotopic (exact) mass is 976 g/mol. The first-order valence-electron chi connectivity index (χ1n) is 21.7. The van der Waals surface area contributed by atoms with E-state index in [0.717, 1.165) is 16.7 Å².